The van der Waals surface area contributed by atoms with Gasteiger partial charge in [0.05, 0.1) is 5.52 Å². The summed E-state index contributed by atoms with van der Waals surface area (Å²) in [4.78, 5) is 32.4. The van der Waals surface area contributed by atoms with Gasteiger partial charge in [-0.3, -0.25) is 9.36 Å². The molecule has 2 aliphatic rings. The van der Waals surface area contributed by atoms with Crippen LogP contribution >= 0.6 is 0 Å². The maximum absolute atomic E-state index is 13.5. The van der Waals surface area contributed by atoms with Gasteiger partial charge in [0.25, 0.3) is 5.91 Å². The zero-order chi connectivity index (χ0) is 21.8. The highest BCUT2D eigenvalue weighted by atomic mass is 19.3. The summed E-state index contributed by atoms with van der Waals surface area (Å²) in [6.45, 7) is 1.96. The molecule has 0 spiro atoms. The Labute approximate surface area is 177 Å². The summed E-state index contributed by atoms with van der Waals surface area (Å²) < 4.78 is 28.6. The van der Waals surface area contributed by atoms with Crippen molar-refractivity contribution < 1.29 is 13.6 Å². The number of fused-ring (bicyclic) bond motifs is 1. The zero-order valence-electron chi connectivity index (χ0n) is 17.3. The summed E-state index contributed by atoms with van der Waals surface area (Å²) in [5.74, 6) is -2.74. The molecule has 0 atom stereocenters. The third kappa shape index (κ3) is 3.86. The molecule has 6 nitrogen and oxygen atoms in total. The lowest BCUT2D eigenvalue weighted by molar-refractivity contribution is -0.0439. The maximum Gasteiger partial charge on any atom is 0.327 e. The van der Waals surface area contributed by atoms with Crippen LogP contribution in [0.15, 0.2) is 35.3 Å². The first-order valence-electron chi connectivity index (χ1n) is 10.7. The van der Waals surface area contributed by atoms with Crippen LogP contribution in [-0.2, 0) is 0 Å². The number of rotatable bonds is 4. The van der Waals surface area contributed by atoms with E-state index >= 15 is 0 Å². The fraction of sp³-hybridized carbons (Fsp3) is 0.435. The molecule has 2 saturated carbocycles. The second kappa shape index (κ2) is 7.28. The molecule has 2 N–H and O–H groups in total. The van der Waals surface area contributed by atoms with E-state index in [4.69, 9.17) is 0 Å². The number of nitrogens with one attached hydrogen (secondary N) is 2. The first kappa shape index (κ1) is 19.9. The number of aryl methyl sites for hydroxylation is 1. The Bertz CT molecular complexity index is 1220. The normalized spacial score (nSPS) is 18.9. The highest BCUT2D eigenvalue weighted by Gasteiger charge is 2.36. The van der Waals surface area contributed by atoms with Crippen molar-refractivity contribution in [2.45, 2.75) is 63.5 Å². The molecule has 0 saturated heterocycles. The molecule has 3 aromatic rings. The summed E-state index contributed by atoms with van der Waals surface area (Å²) >= 11 is 0. The molecule has 2 fully saturated rings. The Morgan fingerprint density at radius 1 is 1.19 bits per heavy atom. The number of carbonyl (C=O) groups excluding carboxylic acids is 1. The van der Waals surface area contributed by atoms with Crippen molar-refractivity contribution in [3.63, 3.8) is 0 Å². The molecule has 1 aromatic carbocycles. The first-order chi connectivity index (χ1) is 14.8. The molecule has 0 bridgehead atoms. The van der Waals surface area contributed by atoms with Crippen LogP contribution in [0.25, 0.3) is 22.3 Å². The highest BCUT2D eigenvalue weighted by molar-refractivity contribution is 5.96. The van der Waals surface area contributed by atoms with Crippen molar-refractivity contribution in [2.24, 2.45) is 0 Å². The van der Waals surface area contributed by atoms with Gasteiger partial charge in [0.15, 0.2) is 5.65 Å². The van der Waals surface area contributed by atoms with Gasteiger partial charge in [0.2, 0.25) is 5.92 Å². The van der Waals surface area contributed by atoms with Gasteiger partial charge in [-0.05, 0) is 61.9 Å². The molecular formula is C23H24F2N4O2. The first-order valence-corrected chi connectivity index (χ1v) is 10.7. The van der Waals surface area contributed by atoms with Gasteiger partial charge in [0.1, 0.15) is 0 Å². The molecule has 0 aliphatic heterocycles. The lowest BCUT2D eigenvalue weighted by Gasteiger charge is -2.28. The summed E-state index contributed by atoms with van der Waals surface area (Å²) in [5.41, 5.74) is 3.93. The van der Waals surface area contributed by atoms with Crippen LogP contribution in [0.1, 0.15) is 60.5 Å². The summed E-state index contributed by atoms with van der Waals surface area (Å²) in [5, 5.41) is 2.99. The van der Waals surface area contributed by atoms with Crippen molar-refractivity contribution in [3.05, 3.63) is 52.1 Å². The second-order valence-corrected chi connectivity index (χ2v) is 8.76. The van der Waals surface area contributed by atoms with E-state index in [-0.39, 0.29) is 49.4 Å². The zero-order valence-corrected chi connectivity index (χ0v) is 17.3. The number of imidazole rings is 1. The molecule has 0 unspecified atom stereocenters. The Morgan fingerprint density at radius 3 is 2.65 bits per heavy atom. The van der Waals surface area contributed by atoms with Gasteiger partial charge in [-0.15, -0.1) is 0 Å². The van der Waals surface area contributed by atoms with E-state index in [1.165, 1.54) is 4.57 Å². The maximum atomic E-state index is 13.5. The lowest BCUT2D eigenvalue weighted by atomic mass is 9.92. The molecule has 1 amide bonds. The van der Waals surface area contributed by atoms with E-state index in [2.05, 4.69) is 15.3 Å². The average Bonchev–Trinajstić information content (AvgIpc) is 3.48. The molecule has 2 aromatic heterocycles. The van der Waals surface area contributed by atoms with E-state index in [1.54, 1.807) is 12.3 Å². The topological polar surface area (TPSA) is 79.8 Å². The number of nitrogens with zero attached hydrogens (tertiary/aromatic N) is 2. The second-order valence-electron chi connectivity index (χ2n) is 8.76. The van der Waals surface area contributed by atoms with Crippen LogP contribution in [0.2, 0.25) is 0 Å². The molecule has 162 valence electrons. The van der Waals surface area contributed by atoms with Crippen molar-refractivity contribution in [2.75, 3.05) is 0 Å². The molecule has 0 radical (unpaired) electrons. The summed E-state index contributed by atoms with van der Waals surface area (Å²) in [7, 11) is 0. The third-order valence-electron chi connectivity index (χ3n) is 6.33. The standard InChI is InChI=1S/C23H24F2N4O2/c1-13-2-3-14(21(30)27-16-4-5-16)10-18(13)15-11-19-20(26-12-15)29(22(31)28-19)17-6-8-23(24,25)9-7-17/h2-3,10-12,16-17H,4-9H2,1H3,(H,27,30)(H,28,31). The van der Waals surface area contributed by atoms with Gasteiger partial charge in [-0.1, -0.05) is 6.07 Å². The van der Waals surface area contributed by atoms with Crippen LogP contribution in [0.3, 0.4) is 0 Å². The van der Waals surface area contributed by atoms with Gasteiger partial charge in [-0.25, -0.2) is 18.6 Å². The average molecular weight is 426 g/mol. The number of H-pyrrole nitrogens is 1. The minimum Gasteiger partial charge on any atom is -0.349 e. The van der Waals surface area contributed by atoms with Crippen LogP contribution < -0.4 is 11.0 Å². The van der Waals surface area contributed by atoms with Crippen molar-refractivity contribution in [3.8, 4) is 11.1 Å². The van der Waals surface area contributed by atoms with Crippen LogP contribution in [0, 0.1) is 6.92 Å². The number of amides is 1. The van der Waals surface area contributed by atoms with Gasteiger partial charge < -0.3 is 10.3 Å². The van der Waals surface area contributed by atoms with E-state index < -0.39 is 5.92 Å². The molecular weight excluding hydrogens is 402 g/mol. The van der Waals surface area contributed by atoms with Crippen LogP contribution in [0.4, 0.5) is 8.78 Å². The Balaban J connectivity index is 1.48. The summed E-state index contributed by atoms with van der Waals surface area (Å²) in [6, 6.07) is 7.38. The van der Waals surface area contributed by atoms with Crippen LogP contribution in [0.5, 0.6) is 0 Å². The predicted octanol–water partition coefficient (Wildman–Crippen LogP) is 4.34. The predicted molar refractivity (Wildman–Crippen MR) is 113 cm³/mol. The molecule has 8 heteroatoms. The number of benzene rings is 1. The SMILES string of the molecule is Cc1ccc(C(=O)NC2CC2)cc1-c1cnc2c(c1)[nH]c(=O)n2C1CCC(F)(F)CC1. The van der Waals surface area contributed by atoms with E-state index in [1.807, 2.05) is 25.1 Å². The van der Waals surface area contributed by atoms with Crippen molar-refractivity contribution >= 4 is 17.1 Å². The Hall–Kier alpha value is -3.03. The highest BCUT2D eigenvalue weighted by Crippen LogP contribution is 2.39. The van der Waals surface area contributed by atoms with E-state index in [9.17, 15) is 18.4 Å². The van der Waals surface area contributed by atoms with Crippen molar-refractivity contribution in [1.82, 2.24) is 19.9 Å². The van der Waals surface area contributed by atoms with E-state index in [0.717, 1.165) is 29.5 Å². The van der Waals surface area contributed by atoms with Gasteiger partial charge in [-0.2, -0.15) is 0 Å². The Kier molecular flexibility index (Phi) is 4.68. The quantitative estimate of drug-likeness (QED) is 0.651. The number of pyridine rings is 1. The van der Waals surface area contributed by atoms with Gasteiger partial charge >= 0.3 is 5.69 Å². The monoisotopic (exact) mass is 426 g/mol. The smallest absolute Gasteiger partial charge is 0.327 e. The number of alkyl halides is 2. The Morgan fingerprint density at radius 2 is 1.94 bits per heavy atom. The van der Waals surface area contributed by atoms with Crippen molar-refractivity contribution in [1.29, 1.82) is 0 Å². The number of hydrogen-bond acceptors (Lipinski definition) is 3. The van der Waals surface area contributed by atoms with Crippen LogP contribution in [-0.4, -0.2) is 32.4 Å². The molecule has 2 aliphatic carbocycles. The number of aromatic nitrogens is 3. The minimum absolute atomic E-state index is 0.0913. The minimum atomic E-state index is -2.65. The third-order valence-corrected chi connectivity index (χ3v) is 6.33. The number of aromatic amines is 1. The molecule has 2 heterocycles. The van der Waals surface area contributed by atoms with Gasteiger partial charge in [0, 0.05) is 42.2 Å². The largest absolute Gasteiger partial charge is 0.349 e. The molecule has 31 heavy (non-hydrogen) atoms. The fourth-order valence-electron chi connectivity index (χ4n) is 4.35. The summed E-state index contributed by atoms with van der Waals surface area (Å²) in [6.07, 6.45) is 3.78. The van der Waals surface area contributed by atoms with E-state index in [0.29, 0.717) is 16.7 Å². The lowest BCUT2D eigenvalue weighted by Crippen LogP contribution is -2.30. The fourth-order valence-corrected chi connectivity index (χ4v) is 4.35. The molecule has 5 rings (SSSR count). The number of hydrogen-bond donors (Lipinski definition) is 2. The number of carbonyl (C=O) groups is 1. The number of halogens is 2.